The molecule has 6 heteroatoms. The zero-order valence-electron chi connectivity index (χ0n) is 5.82. The van der Waals surface area contributed by atoms with E-state index in [-0.39, 0.29) is 10.7 Å². The van der Waals surface area contributed by atoms with Crippen molar-refractivity contribution in [3.8, 4) is 0 Å². The van der Waals surface area contributed by atoms with E-state index in [1.807, 2.05) is 0 Å². The molecule has 1 aromatic heterocycles. The van der Waals surface area contributed by atoms with Gasteiger partial charge in [-0.25, -0.2) is 0 Å². The van der Waals surface area contributed by atoms with Gasteiger partial charge in [-0.2, -0.15) is 13.2 Å². The van der Waals surface area contributed by atoms with Crippen molar-refractivity contribution < 1.29 is 13.2 Å². The topological polar surface area (TPSA) is 41.8 Å². The van der Waals surface area contributed by atoms with Gasteiger partial charge in [-0.3, -0.25) is 0 Å². The maximum absolute atomic E-state index is 12.0. The van der Waals surface area contributed by atoms with Crippen LogP contribution in [0.4, 0.5) is 13.2 Å². The molecule has 0 aromatic carbocycles. The van der Waals surface area contributed by atoms with Crippen molar-refractivity contribution in [1.29, 1.82) is 0 Å². The number of halogens is 4. The van der Waals surface area contributed by atoms with Gasteiger partial charge >= 0.3 is 6.18 Å². The summed E-state index contributed by atoms with van der Waals surface area (Å²) in [7, 11) is 0. The Labute approximate surface area is 71.5 Å². The molecule has 1 heterocycles. The first-order valence-electron chi connectivity index (χ1n) is 3.08. The average Bonchev–Trinajstić information content (AvgIpc) is 2.31. The summed E-state index contributed by atoms with van der Waals surface area (Å²) in [4.78, 5) is 2.33. The molecule has 2 nitrogen and oxygen atoms in total. The van der Waals surface area contributed by atoms with Crippen molar-refractivity contribution in [2.24, 2.45) is 5.73 Å². The summed E-state index contributed by atoms with van der Waals surface area (Å²) in [6, 6.07) is -0.720. The first-order valence-corrected chi connectivity index (χ1v) is 3.46. The summed E-state index contributed by atoms with van der Waals surface area (Å²) in [6.07, 6.45) is -3.16. The highest BCUT2D eigenvalue weighted by Crippen LogP contribution is 2.32. The van der Waals surface area contributed by atoms with E-state index in [9.17, 15) is 13.2 Å². The fraction of sp³-hybridized carbons (Fsp3) is 0.333. The third-order valence-corrected chi connectivity index (χ3v) is 1.72. The van der Waals surface area contributed by atoms with Crippen molar-refractivity contribution >= 4 is 11.6 Å². The minimum absolute atomic E-state index is 0.000162. The van der Waals surface area contributed by atoms with Crippen LogP contribution in [0.2, 0.25) is 5.02 Å². The van der Waals surface area contributed by atoms with Gasteiger partial charge in [0.05, 0.1) is 10.7 Å². The molecule has 0 bridgehead atoms. The van der Waals surface area contributed by atoms with Crippen molar-refractivity contribution in [3.05, 3.63) is 23.0 Å². The van der Waals surface area contributed by atoms with E-state index >= 15 is 0 Å². The van der Waals surface area contributed by atoms with Gasteiger partial charge in [-0.05, 0) is 6.07 Å². The lowest BCUT2D eigenvalue weighted by Gasteiger charge is -2.14. The Balaban J connectivity index is 2.92. The Hall–Kier alpha value is -0.680. The Morgan fingerprint density at radius 1 is 1.50 bits per heavy atom. The maximum Gasteiger partial charge on any atom is 0.409 e. The van der Waals surface area contributed by atoms with Gasteiger partial charge in [0.1, 0.15) is 6.04 Å². The Bertz CT molecular complexity index is 268. The number of hydrogen-bond acceptors (Lipinski definition) is 1. The average molecular weight is 199 g/mol. The molecule has 1 aromatic rings. The smallest absolute Gasteiger partial charge is 0.362 e. The quantitative estimate of drug-likeness (QED) is 0.714. The molecular weight excluding hydrogens is 193 g/mol. The molecule has 68 valence electrons. The van der Waals surface area contributed by atoms with Gasteiger partial charge in [0.15, 0.2) is 0 Å². The van der Waals surface area contributed by atoms with E-state index < -0.39 is 12.2 Å². The number of aromatic nitrogens is 1. The largest absolute Gasteiger partial charge is 0.409 e. The van der Waals surface area contributed by atoms with Crippen LogP contribution in [0.5, 0.6) is 0 Å². The van der Waals surface area contributed by atoms with E-state index in [0.29, 0.717) is 0 Å². The van der Waals surface area contributed by atoms with Gasteiger partial charge < -0.3 is 10.7 Å². The normalized spacial score (nSPS) is 14.8. The fourth-order valence-corrected chi connectivity index (χ4v) is 1.00. The van der Waals surface area contributed by atoms with Crippen LogP contribution >= 0.6 is 11.6 Å². The molecule has 0 unspecified atom stereocenters. The highest BCUT2D eigenvalue weighted by atomic mass is 35.5. The van der Waals surface area contributed by atoms with E-state index in [2.05, 4.69) is 4.98 Å². The summed E-state index contributed by atoms with van der Waals surface area (Å²) in [6.45, 7) is 0. The molecule has 0 aliphatic rings. The van der Waals surface area contributed by atoms with Gasteiger partial charge in [0.25, 0.3) is 0 Å². The van der Waals surface area contributed by atoms with Crippen molar-refractivity contribution in [3.63, 3.8) is 0 Å². The van der Waals surface area contributed by atoms with Gasteiger partial charge in [-0.15, -0.1) is 0 Å². The minimum Gasteiger partial charge on any atom is -0.362 e. The van der Waals surface area contributed by atoms with Gasteiger partial charge in [0, 0.05) is 6.20 Å². The summed E-state index contributed by atoms with van der Waals surface area (Å²) in [5, 5.41) is -0.000162. The lowest BCUT2D eigenvalue weighted by molar-refractivity contribution is -0.149. The zero-order valence-corrected chi connectivity index (χ0v) is 6.58. The fourth-order valence-electron chi connectivity index (χ4n) is 0.765. The van der Waals surface area contributed by atoms with Crippen LogP contribution in [0, 0.1) is 0 Å². The molecule has 0 aliphatic carbocycles. The van der Waals surface area contributed by atoms with Crippen molar-refractivity contribution in [2.45, 2.75) is 12.2 Å². The first kappa shape index (κ1) is 9.41. The van der Waals surface area contributed by atoms with Crippen LogP contribution in [0.1, 0.15) is 11.7 Å². The van der Waals surface area contributed by atoms with Gasteiger partial charge in [-0.1, -0.05) is 11.6 Å². The number of rotatable bonds is 1. The second-order valence-corrected chi connectivity index (χ2v) is 2.67. The summed E-state index contributed by atoms with van der Waals surface area (Å²) < 4.78 is 36.0. The lowest BCUT2D eigenvalue weighted by Crippen LogP contribution is -2.28. The third-order valence-electron chi connectivity index (χ3n) is 1.39. The zero-order chi connectivity index (χ0) is 9.35. The first-order chi connectivity index (χ1) is 5.43. The second-order valence-electron chi connectivity index (χ2n) is 2.26. The predicted octanol–water partition coefficient (Wildman–Crippen LogP) is 2.23. The highest BCUT2D eigenvalue weighted by Gasteiger charge is 2.39. The molecule has 1 rings (SSSR count). The number of alkyl halides is 3. The third kappa shape index (κ3) is 1.73. The standard InChI is InChI=1S/C6H6ClF3N2/c7-3-1-2-12-4(3)5(11)6(8,9)10/h1-2,5,12H,11H2/t5-/m1/s1. The number of nitrogens with two attached hydrogens (primary N) is 1. The lowest BCUT2D eigenvalue weighted by atomic mass is 10.2. The van der Waals surface area contributed by atoms with Crippen LogP contribution in [0.25, 0.3) is 0 Å². The van der Waals surface area contributed by atoms with Crippen LogP contribution in [0.15, 0.2) is 12.3 Å². The van der Waals surface area contributed by atoms with Gasteiger partial charge in [0.2, 0.25) is 0 Å². The Kier molecular flexibility index (Phi) is 2.34. The molecule has 0 saturated carbocycles. The summed E-state index contributed by atoms with van der Waals surface area (Å²) in [5.74, 6) is 0. The molecule has 0 amide bonds. The number of hydrogen-bond donors (Lipinski definition) is 2. The number of aromatic amines is 1. The van der Waals surface area contributed by atoms with E-state index in [4.69, 9.17) is 17.3 Å². The molecule has 0 saturated heterocycles. The molecule has 12 heavy (non-hydrogen) atoms. The van der Waals surface area contributed by atoms with Crippen LogP contribution in [-0.4, -0.2) is 11.2 Å². The number of nitrogens with one attached hydrogen (secondary N) is 1. The Morgan fingerprint density at radius 3 is 2.42 bits per heavy atom. The van der Waals surface area contributed by atoms with Crippen molar-refractivity contribution in [1.82, 2.24) is 4.98 Å². The molecule has 1 atom stereocenters. The summed E-state index contributed by atoms with van der Waals surface area (Å²) >= 11 is 5.43. The minimum atomic E-state index is -4.46. The van der Waals surface area contributed by atoms with Crippen LogP contribution < -0.4 is 5.73 Å². The van der Waals surface area contributed by atoms with E-state index in [0.717, 1.165) is 0 Å². The monoisotopic (exact) mass is 198 g/mol. The van der Waals surface area contributed by atoms with E-state index in [1.165, 1.54) is 12.3 Å². The SMILES string of the molecule is N[C@H](c1[nH]ccc1Cl)C(F)(F)F. The van der Waals surface area contributed by atoms with E-state index in [1.54, 1.807) is 0 Å². The highest BCUT2D eigenvalue weighted by molar-refractivity contribution is 6.31. The summed E-state index contributed by atoms with van der Waals surface area (Å²) in [5.41, 5.74) is 4.67. The van der Waals surface area contributed by atoms with Crippen molar-refractivity contribution in [2.75, 3.05) is 0 Å². The maximum atomic E-state index is 12.0. The van der Waals surface area contributed by atoms with Crippen LogP contribution in [-0.2, 0) is 0 Å². The second kappa shape index (κ2) is 2.99. The number of H-pyrrole nitrogens is 1. The van der Waals surface area contributed by atoms with Crippen LogP contribution in [0.3, 0.4) is 0 Å². The molecule has 0 spiro atoms. The predicted molar refractivity (Wildman–Crippen MR) is 38.8 cm³/mol. The molecule has 0 fully saturated rings. The molecule has 3 N–H and O–H groups in total. The molecular formula is C6H6ClF3N2. The molecule has 0 radical (unpaired) electrons. The molecule has 0 aliphatic heterocycles. The Morgan fingerprint density at radius 2 is 2.08 bits per heavy atom.